The number of hydrogen-bond donors (Lipinski definition) is 1. The number of nitrogens with one attached hydrogen (secondary N) is 1. The van der Waals surface area contributed by atoms with Crippen molar-refractivity contribution in [2.24, 2.45) is 0 Å². The van der Waals surface area contributed by atoms with E-state index in [1.54, 1.807) is 0 Å². The van der Waals surface area contributed by atoms with Crippen molar-refractivity contribution < 1.29 is 9.53 Å². The first-order valence-electron chi connectivity index (χ1n) is 13.6. The maximum Gasteiger partial charge on any atom is 0.408 e. The van der Waals surface area contributed by atoms with Crippen LogP contribution < -0.4 is 5.32 Å². The summed E-state index contributed by atoms with van der Waals surface area (Å²) in [5, 5.41) is 8.40. The fourth-order valence-electron chi connectivity index (χ4n) is 5.78. The minimum atomic E-state index is -0.543. The summed E-state index contributed by atoms with van der Waals surface area (Å²) in [5.41, 5.74) is 6.13. The van der Waals surface area contributed by atoms with Crippen molar-refractivity contribution in [1.82, 2.24) is 5.32 Å². The second-order valence-electron chi connectivity index (χ2n) is 11.4. The number of benzene rings is 5. The van der Waals surface area contributed by atoms with Crippen LogP contribution in [0.3, 0.4) is 0 Å². The molecule has 5 aromatic carbocycles. The van der Waals surface area contributed by atoms with E-state index in [1.807, 2.05) is 39.0 Å². The molecule has 0 fully saturated rings. The van der Waals surface area contributed by atoms with E-state index in [2.05, 4.69) is 90.2 Å². The lowest BCUT2D eigenvalue weighted by atomic mass is 9.88. The van der Waals surface area contributed by atoms with Gasteiger partial charge in [0.2, 0.25) is 0 Å². The van der Waals surface area contributed by atoms with Crippen molar-refractivity contribution >= 4 is 35.6 Å². The van der Waals surface area contributed by atoms with Crippen LogP contribution in [-0.2, 0) is 17.1 Å². The van der Waals surface area contributed by atoms with Gasteiger partial charge in [0.15, 0.2) is 0 Å². The number of carbonyl (C=O) groups is 1. The van der Waals surface area contributed by atoms with Crippen molar-refractivity contribution in [3.8, 4) is 11.1 Å². The van der Waals surface area contributed by atoms with Crippen LogP contribution in [0.5, 0.6) is 0 Å². The number of rotatable bonds is 4. The van der Waals surface area contributed by atoms with Crippen LogP contribution in [0.4, 0.5) is 4.79 Å². The summed E-state index contributed by atoms with van der Waals surface area (Å²) < 4.78 is 5.67. The van der Waals surface area contributed by atoms with E-state index in [9.17, 15) is 4.79 Å². The van der Waals surface area contributed by atoms with Crippen molar-refractivity contribution in [3.63, 3.8) is 0 Å². The van der Waals surface area contributed by atoms with Gasteiger partial charge in [-0.3, -0.25) is 0 Å². The zero-order chi connectivity index (χ0) is 27.0. The third kappa shape index (κ3) is 5.42. The Morgan fingerprint density at radius 3 is 1.79 bits per heavy atom. The highest BCUT2D eigenvalue weighted by Crippen LogP contribution is 2.54. The maximum atomic E-state index is 12.9. The van der Waals surface area contributed by atoms with Crippen LogP contribution in [0.2, 0.25) is 0 Å². The van der Waals surface area contributed by atoms with E-state index >= 15 is 0 Å². The minimum Gasteiger partial charge on any atom is -0.444 e. The molecule has 5 aromatic rings. The standard InChI is InChI=1S/C35H34NO2P/c1-35(2,3)38-34(37)36-31(26-13-5-4-6-14-26)23-39-21-27-19-17-24-11-7-9-15-29(24)32(27)33-28(22-39)20-18-25-12-8-10-16-30(25)33/h4-20,31H,21-23H2,1-3H3,(H,36,37)/t31-/m1/s1. The number of ether oxygens (including phenoxy) is 1. The molecule has 0 aromatic heterocycles. The average Bonchev–Trinajstić information content (AvgIpc) is 3.09. The largest absolute Gasteiger partial charge is 0.444 e. The van der Waals surface area contributed by atoms with Crippen LogP contribution in [0, 0.1) is 0 Å². The molecule has 1 N–H and O–H groups in total. The average molecular weight is 532 g/mol. The molecule has 3 nitrogen and oxygen atoms in total. The van der Waals surface area contributed by atoms with Gasteiger partial charge in [0.25, 0.3) is 0 Å². The van der Waals surface area contributed by atoms with E-state index in [-0.39, 0.29) is 12.1 Å². The zero-order valence-corrected chi connectivity index (χ0v) is 23.7. The Kier molecular flexibility index (Phi) is 6.87. The summed E-state index contributed by atoms with van der Waals surface area (Å²) in [5.74, 6) is 0. The lowest BCUT2D eigenvalue weighted by Gasteiger charge is -2.27. The van der Waals surface area contributed by atoms with Crippen molar-refractivity contribution in [1.29, 1.82) is 0 Å². The first-order chi connectivity index (χ1) is 18.9. The maximum absolute atomic E-state index is 12.9. The summed E-state index contributed by atoms with van der Waals surface area (Å²) in [6.07, 6.45) is 2.55. The van der Waals surface area contributed by atoms with Gasteiger partial charge >= 0.3 is 6.09 Å². The molecular formula is C35H34NO2P. The Morgan fingerprint density at radius 1 is 0.744 bits per heavy atom. The number of alkyl carbamates (subject to hydrolysis) is 1. The molecule has 1 amide bonds. The van der Waals surface area contributed by atoms with E-state index in [0.29, 0.717) is 0 Å². The second-order valence-corrected chi connectivity index (χ2v) is 13.8. The van der Waals surface area contributed by atoms with E-state index in [0.717, 1.165) is 24.0 Å². The molecule has 0 radical (unpaired) electrons. The number of fused-ring (bicyclic) bond motifs is 7. The highest BCUT2D eigenvalue weighted by atomic mass is 31.1. The van der Waals surface area contributed by atoms with Gasteiger partial charge in [-0.25, -0.2) is 4.79 Å². The monoisotopic (exact) mass is 531 g/mol. The summed E-state index contributed by atoms with van der Waals surface area (Å²) >= 11 is 0. The fraction of sp³-hybridized carbons (Fsp3) is 0.229. The molecule has 1 aliphatic rings. The van der Waals surface area contributed by atoms with E-state index in [4.69, 9.17) is 4.74 Å². The molecule has 1 aliphatic heterocycles. The molecule has 6 rings (SSSR count). The molecule has 1 heterocycles. The number of hydrogen-bond acceptors (Lipinski definition) is 2. The van der Waals surface area contributed by atoms with Crippen LogP contribution in [0.1, 0.15) is 43.5 Å². The van der Waals surface area contributed by atoms with Gasteiger partial charge < -0.3 is 10.1 Å². The van der Waals surface area contributed by atoms with Gasteiger partial charge in [0, 0.05) is 0 Å². The Hall–Kier alpha value is -3.68. The zero-order valence-electron chi connectivity index (χ0n) is 22.8. The highest BCUT2D eigenvalue weighted by Gasteiger charge is 2.28. The summed E-state index contributed by atoms with van der Waals surface area (Å²) in [6.45, 7) is 5.71. The normalized spacial score (nSPS) is 14.3. The molecule has 4 heteroatoms. The Bertz CT molecular complexity index is 1570. The van der Waals surface area contributed by atoms with Crippen LogP contribution in [0.25, 0.3) is 32.7 Å². The highest BCUT2D eigenvalue weighted by molar-refractivity contribution is 7.56. The van der Waals surface area contributed by atoms with Crippen LogP contribution >= 0.6 is 7.92 Å². The van der Waals surface area contributed by atoms with Gasteiger partial charge in [-0.2, -0.15) is 0 Å². The summed E-state index contributed by atoms with van der Waals surface area (Å²) in [7, 11) is -0.479. The predicted molar refractivity (Wildman–Crippen MR) is 165 cm³/mol. The van der Waals surface area contributed by atoms with Crippen molar-refractivity contribution in [3.05, 3.63) is 120 Å². The first-order valence-corrected chi connectivity index (χ1v) is 15.5. The first kappa shape index (κ1) is 25.6. The number of carbonyl (C=O) groups excluding carboxylic acids is 1. The lowest BCUT2D eigenvalue weighted by molar-refractivity contribution is 0.0508. The smallest absolute Gasteiger partial charge is 0.408 e. The lowest BCUT2D eigenvalue weighted by Crippen LogP contribution is -2.36. The molecule has 0 saturated carbocycles. The van der Waals surface area contributed by atoms with Gasteiger partial charge in [0.1, 0.15) is 5.60 Å². The van der Waals surface area contributed by atoms with E-state index in [1.165, 1.54) is 43.8 Å². The Balaban J connectivity index is 1.44. The topological polar surface area (TPSA) is 38.3 Å². The van der Waals surface area contributed by atoms with Crippen LogP contribution in [-0.4, -0.2) is 17.9 Å². The fourth-order valence-corrected chi connectivity index (χ4v) is 8.46. The minimum absolute atomic E-state index is 0.113. The third-order valence-corrected chi connectivity index (χ3v) is 9.86. The molecule has 0 spiro atoms. The molecule has 0 bridgehead atoms. The number of amides is 1. The molecule has 0 saturated heterocycles. The molecular weight excluding hydrogens is 497 g/mol. The third-order valence-electron chi connectivity index (χ3n) is 7.40. The van der Waals surface area contributed by atoms with Gasteiger partial charge in [-0.15, -0.1) is 0 Å². The molecule has 196 valence electrons. The molecule has 1 atom stereocenters. The Morgan fingerprint density at radius 2 is 1.26 bits per heavy atom. The van der Waals surface area contributed by atoms with Crippen LogP contribution in [0.15, 0.2) is 103 Å². The molecule has 0 aliphatic carbocycles. The quantitative estimate of drug-likeness (QED) is 0.235. The van der Waals surface area contributed by atoms with Gasteiger partial charge in [-0.1, -0.05) is 111 Å². The van der Waals surface area contributed by atoms with Gasteiger partial charge in [0.05, 0.1) is 6.04 Å². The summed E-state index contributed by atoms with van der Waals surface area (Å²) in [4.78, 5) is 12.9. The van der Waals surface area contributed by atoms with Crippen molar-refractivity contribution in [2.45, 2.75) is 44.7 Å². The molecule has 0 unspecified atom stereocenters. The van der Waals surface area contributed by atoms with E-state index < -0.39 is 13.5 Å². The van der Waals surface area contributed by atoms with Crippen molar-refractivity contribution in [2.75, 3.05) is 6.16 Å². The SMILES string of the molecule is CC(C)(C)OC(=O)N[C@H](CP1Cc2ccc3ccccc3c2-c2c(ccc3ccccc23)C1)c1ccccc1. The molecule has 39 heavy (non-hydrogen) atoms. The second kappa shape index (κ2) is 10.5. The Labute approximate surface area is 232 Å². The summed E-state index contributed by atoms with van der Waals surface area (Å²) in [6, 6.07) is 36.9. The van der Waals surface area contributed by atoms with Gasteiger partial charge in [-0.05, 0) is 88.6 Å². The predicted octanol–water partition coefficient (Wildman–Crippen LogP) is 9.42.